The Balaban J connectivity index is 3.19. The van der Waals surface area contributed by atoms with Gasteiger partial charge >= 0.3 is 0 Å². The first kappa shape index (κ1) is 18.0. The molecule has 0 saturated heterocycles. The summed E-state index contributed by atoms with van der Waals surface area (Å²) in [6.45, 7) is 9.46. The van der Waals surface area contributed by atoms with Crippen LogP contribution in [-0.2, 0) is 0 Å². The topological polar surface area (TPSA) is 0 Å². The van der Waals surface area contributed by atoms with Gasteiger partial charge in [-0.2, -0.15) is 0 Å². The summed E-state index contributed by atoms with van der Waals surface area (Å²) in [6, 6.07) is 0. The van der Waals surface area contributed by atoms with Gasteiger partial charge in [0.25, 0.3) is 0 Å². The molecule has 0 saturated carbocycles. The molecule has 18 heavy (non-hydrogen) atoms. The third kappa shape index (κ3) is 12.5. The lowest BCUT2D eigenvalue weighted by molar-refractivity contribution is 0.421. The number of hydrogen-bond donors (Lipinski definition) is 0. The highest BCUT2D eigenvalue weighted by Crippen LogP contribution is 2.19. The van der Waals surface area contributed by atoms with Crippen LogP contribution in [0.15, 0.2) is 0 Å². The summed E-state index contributed by atoms with van der Waals surface area (Å²) in [5, 5.41) is 0. The zero-order valence-electron chi connectivity index (χ0n) is 13.6. The maximum absolute atomic E-state index is 2.43. The van der Waals surface area contributed by atoms with E-state index in [-0.39, 0.29) is 0 Å². The van der Waals surface area contributed by atoms with Crippen LogP contribution in [0, 0.1) is 11.8 Å². The molecule has 0 heterocycles. The molecule has 0 radical (unpaired) electrons. The molecule has 0 aliphatic carbocycles. The maximum Gasteiger partial charge on any atom is -0.0443 e. The third-order valence-corrected chi connectivity index (χ3v) is 4.24. The van der Waals surface area contributed by atoms with Gasteiger partial charge < -0.3 is 0 Å². The molecule has 0 aliphatic rings. The molecule has 2 atom stereocenters. The van der Waals surface area contributed by atoms with Gasteiger partial charge in [-0.3, -0.25) is 0 Å². The van der Waals surface area contributed by atoms with Gasteiger partial charge in [-0.15, -0.1) is 0 Å². The summed E-state index contributed by atoms with van der Waals surface area (Å²) in [6.07, 6.45) is 17.3. The lowest BCUT2D eigenvalue weighted by Crippen LogP contribution is -1.96. The predicted molar refractivity (Wildman–Crippen MR) is 85.1 cm³/mol. The predicted octanol–water partition coefficient (Wildman–Crippen LogP) is 6.98. The second kappa shape index (κ2) is 13.4. The minimum absolute atomic E-state index is 0.966. The van der Waals surface area contributed by atoms with Crippen molar-refractivity contribution in [2.75, 3.05) is 0 Å². The molecule has 0 amide bonds. The Kier molecular flexibility index (Phi) is 13.4. The van der Waals surface area contributed by atoms with Crippen LogP contribution in [0.5, 0.6) is 0 Å². The maximum atomic E-state index is 2.43. The molecule has 0 aromatic rings. The van der Waals surface area contributed by atoms with Crippen LogP contribution in [0.25, 0.3) is 0 Å². The van der Waals surface area contributed by atoms with Crippen molar-refractivity contribution in [3.05, 3.63) is 0 Å². The first-order valence-corrected chi connectivity index (χ1v) is 8.70. The Hall–Kier alpha value is 0. The van der Waals surface area contributed by atoms with Crippen molar-refractivity contribution in [1.29, 1.82) is 0 Å². The number of rotatable bonds is 13. The molecule has 0 heteroatoms. The second-order valence-electron chi connectivity index (χ2n) is 6.49. The van der Waals surface area contributed by atoms with Crippen LogP contribution in [0.3, 0.4) is 0 Å². The Morgan fingerprint density at radius 1 is 0.500 bits per heavy atom. The van der Waals surface area contributed by atoms with Crippen LogP contribution in [-0.4, -0.2) is 0 Å². The molecule has 2 unspecified atom stereocenters. The first-order valence-electron chi connectivity index (χ1n) is 8.70. The van der Waals surface area contributed by atoms with Gasteiger partial charge in [0.15, 0.2) is 0 Å². The molecule has 0 rings (SSSR count). The van der Waals surface area contributed by atoms with E-state index in [1.165, 1.54) is 77.0 Å². The van der Waals surface area contributed by atoms with Crippen LogP contribution in [0.2, 0.25) is 0 Å². The molecule has 110 valence electrons. The highest BCUT2D eigenvalue weighted by Gasteiger charge is 2.03. The smallest absolute Gasteiger partial charge is 0.0443 e. The number of hydrogen-bond acceptors (Lipinski definition) is 0. The van der Waals surface area contributed by atoms with Crippen LogP contribution in [0.1, 0.15) is 105 Å². The summed E-state index contributed by atoms with van der Waals surface area (Å²) < 4.78 is 0. The number of unbranched alkanes of at least 4 members (excludes halogenated alkanes) is 5. The van der Waals surface area contributed by atoms with Crippen molar-refractivity contribution in [2.24, 2.45) is 11.8 Å². The van der Waals surface area contributed by atoms with Gasteiger partial charge in [0.05, 0.1) is 0 Å². The highest BCUT2D eigenvalue weighted by atomic mass is 14.1. The molecular weight excluding hydrogens is 216 g/mol. The van der Waals surface area contributed by atoms with Crippen molar-refractivity contribution in [1.82, 2.24) is 0 Å². The molecule has 0 aromatic heterocycles. The van der Waals surface area contributed by atoms with Crippen LogP contribution >= 0.6 is 0 Å². The van der Waals surface area contributed by atoms with E-state index < -0.39 is 0 Å². The van der Waals surface area contributed by atoms with E-state index in [9.17, 15) is 0 Å². The Morgan fingerprint density at radius 3 is 1.17 bits per heavy atom. The standard InChI is InChI=1S/C18H38/c1-5-7-13-17(3)15-11-9-10-12-16-18(4)14-8-6-2/h17-18H,5-16H2,1-4H3. The lowest BCUT2D eigenvalue weighted by Gasteiger charge is -2.11. The molecule has 0 aromatic carbocycles. The fraction of sp³-hybridized carbons (Fsp3) is 1.00. The van der Waals surface area contributed by atoms with E-state index >= 15 is 0 Å². The molecule has 0 aliphatic heterocycles. The summed E-state index contributed by atoms with van der Waals surface area (Å²) >= 11 is 0. The SMILES string of the molecule is CCCCC(C)CCCCCCC(C)CCCC. The molecule has 0 bridgehead atoms. The van der Waals surface area contributed by atoms with E-state index in [1.54, 1.807) is 0 Å². The van der Waals surface area contributed by atoms with Crippen molar-refractivity contribution >= 4 is 0 Å². The van der Waals surface area contributed by atoms with Gasteiger partial charge in [0.1, 0.15) is 0 Å². The monoisotopic (exact) mass is 254 g/mol. The summed E-state index contributed by atoms with van der Waals surface area (Å²) in [5.74, 6) is 1.93. The molecule has 0 nitrogen and oxygen atoms in total. The van der Waals surface area contributed by atoms with E-state index in [2.05, 4.69) is 27.7 Å². The molecule has 0 N–H and O–H groups in total. The van der Waals surface area contributed by atoms with Gasteiger partial charge in [-0.1, -0.05) is 105 Å². The zero-order valence-corrected chi connectivity index (χ0v) is 13.6. The van der Waals surface area contributed by atoms with Crippen molar-refractivity contribution < 1.29 is 0 Å². The largest absolute Gasteiger partial charge is 0.0654 e. The van der Waals surface area contributed by atoms with Gasteiger partial charge in [-0.05, 0) is 11.8 Å². The summed E-state index contributed by atoms with van der Waals surface area (Å²) in [5.41, 5.74) is 0. The first-order chi connectivity index (χ1) is 8.70. The van der Waals surface area contributed by atoms with Gasteiger partial charge in [0.2, 0.25) is 0 Å². The van der Waals surface area contributed by atoms with Crippen LogP contribution < -0.4 is 0 Å². The highest BCUT2D eigenvalue weighted by molar-refractivity contribution is 4.56. The Bertz CT molecular complexity index is 132. The molecule has 0 spiro atoms. The fourth-order valence-electron chi connectivity index (χ4n) is 2.73. The Labute approximate surface area is 117 Å². The minimum Gasteiger partial charge on any atom is -0.0654 e. The molecular formula is C18H38. The average molecular weight is 255 g/mol. The third-order valence-electron chi connectivity index (χ3n) is 4.24. The second-order valence-corrected chi connectivity index (χ2v) is 6.49. The summed E-state index contributed by atoms with van der Waals surface area (Å²) in [7, 11) is 0. The molecule has 0 fully saturated rings. The van der Waals surface area contributed by atoms with Gasteiger partial charge in [0, 0.05) is 0 Å². The zero-order chi connectivity index (χ0) is 13.6. The van der Waals surface area contributed by atoms with Crippen molar-refractivity contribution in [3.8, 4) is 0 Å². The van der Waals surface area contributed by atoms with E-state index in [0.29, 0.717) is 0 Å². The average Bonchev–Trinajstić information content (AvgIpc) is 2.37. The quantitative estimate of drug-likeness (QED) is 0.311. The lowest BCUT2D eigenvalue weighted by atomic mass is 9.95. The fourth-order valence-corrected chi connectivity index (χ4v) is 2.73. The van der Waals surface area contributed by atoms with Crippen molar-refractivity contribution in [2.45, 2.75) is 105 Å². The Morgan fingerprint density at radius 2 is 0.833 bits per heavy atom. The van der Waals surface area contributed by atoms with Gasteiger partial charge in [-0.25, -0.2) is 0 Å². The van der Waals surface area contributed by atoms with Crippen molar-refractivity contribution in [3.63, 3.8) is 0 Å². The summed E-state index contributed by atoms with van der Waals surface area (Å²) in [4.78, 5) is 0. The normalized spacial score (nSPS) is 14.7. The van der Waals surface area contributed by atoms with E-state index in [0.717, 1.165) is 11.8 Å². The van der Waals surface area contributed by atoms with E-state index in [4.69, 9.17) is 0 Å². The van der Waals surface area contributed by atoms with Crippen LogP contribution in [0.4, 0.5) is 0 Å². The minimum atomic E-state index is 0.966. The van der Waals surface area contributed by atoms with E-state index in [1.807, 2.05) is 0 Å².